The van der Waals surface area contributed by atoms with Gasteiger partial charge >= 0.3 is 6.18 Å². The lowest BCUT2D eigenvalue weighted by molar-refractivity contribution is -0.137. The number of halogens is 3. The molecule has 0 saturated carbocycles. The van der Waals surface area contributed by atoms with E-state index in [4.69, 9.17) is 0 Å². The van der Waals surface area contributed by atoms with E-state index in [0.717, 1.165) is 24.1 Å². The Balaban J connectivity index is 2.49. The summed E-state index contributed by atoms with van der Waals surface area (Å²) in [7, 11) is -0.803. The number of hydrogen-bond acceptors (Lipinski definition) is 2. The summed E-state index contributed by atoms with van der Waals surface area (Å²) in [5, 5.41) is 3.20. The highest BCUT2D eigenvalue weighted by atomic mass is 32.2. The lowest BCUT2D eigenvalue weighted by Gasteiger charge is -2.15. The van der Waals surface area contributed by atoms with Crippen LogP contribution in [0.25, 0.3) is 0 Å². The number of benzene rings is 1. The fourth-order valence-corrected chi connectivity index (χ4v) is 2.22. The third-order valence-corrected chi connectivity index (χ3v) is 3.66. The molecular weight excluding hydrogens is 275 g/mol. The normalized spacial score (nSPS) is 15.2. The molecule has 0 radical (unpaired) electrons. The van der Waals surface area contributed by atoms with Crippen LogP contribution in [0.1, 0.15) is 30.5 Å². The Morgan fingerprint density at radius 3 is 2.32 bits per heavy atom. The Morgan fingerprint density at radius 1 is 1.26 bits per heavy atom. The molecule has 0 bridgehead atoms. The van der Waals surface area contributed by atoms with Crippen LogP contribution in [-0.4, -0.2) is 22.8 Å². The summed E-state index contributed by atoms with van der Waals surface area (Å²) < 4.78 is 48.1. The summed E-state index contributed by atoms with van der Waals surface area (Å²) >= 11 is 0. The van der Waals surface area contributed by atoms with E-state index in [1.165, 1.54) is 12.1 Å². The summed E-state index contributed by atoms with van der Waals surface area (Å²) in [5.41, 5.74) is 0.176. The maximum atomic E-state index is 12.4. The van der Waals surface area contributed by atoms with Crippen molar-refractivity contribution in [3.8, 4) is 0 Å². The van der Waals surface area contributed by atoms with Crippen LogP contribution in [0.2, 0.25) is 0 Å². The van der Waals surface area contributed by atoms with Crippen LogP contribution in [0.4, 0.5) is 13.2 Å². The van der Waals surface area contributed by atoms with Crippen LogP contribution in [0.15, 0.2) is 24.3 Å². The SMILES string of the molecule is CC(NCCCS(C)=O)c1ccc(C(F)(F)F)cc1. The number of nitrogens with one attached hydrogen (secondary N) is 1. The Bertz CT molecular complexity index is 417. The Labute approximate surface area is 113 Å². The molecule has 1 aromatic rings. The number of rotatable bonds is 6. The van der Waals surface area contributed by atoms with Gasteiger partial charge in [-0.1, -0.05) is 12.1 Å². The quantitative estimate of drug-likeness (QED) is 0.817. The van der Waals surface area contributed by atoms with Gasteiger partial charge in [0.1, 0.15) is 0 Å². The van der Waals surface area contributed by atoms with E-state index in [1.54, 1.807) is 6.26 Å². The Morgan fingerprint density at radius 2 is 1.84 bits per heavy atom. The molecule has 2 atom stereocenters. The van der Waals surface area contributed by atoms with Gasteiger partial charge in [0.05, 0.1) is 5.56 Å². The van der Waals surface area contributed by atoms with Gasteiger partial charge in [-0.15, -0.1) is 0 Å². The molecule has 0 aliphatic rings. The van der Waals surface area contributed by atoms with Crippen LogP contribution in [-0.2, 0) is 17.0 Å². The average molecular weight is 293 g/mol. The maximum absolute atomic E-state index is 12.4. The zero-order chi connectivity index (χ0) is 14.5. The molecule has 1 N–H and O–H groups in total. The smallest absolute Gasteiger partial charge is 0.310 e. The fourth-order valence-electron chi connectivity index (χ4n) is 1.67. The lowest BCUT2D eigenvalue weighted by atomic mass is 10.1. The van der Waals surface area contributed by atoms with Gasteiger partial charge in [-0.25, -0.2) is 0 Å². The van der Waals surface area contributed by atoms with E-state index >= 15 is 0 Å². The van der Waals surface area contributed by atoms with E-state index in [2.05, 4.69) is 5.32 Å². The monoisotopic (exact) mass is 293 g/mol. The molecule has 19 heavy (non-hydrogen) atoms. The molecule has 2 unspecified atom stereocenters. The van der Waals surface area contributed by atoms with Gasteiger partial charge < -0.3 is 5.32 Å². The molecule has 1 aromatic carbocycles. The summed E-state index contributed by atoms with van der Waals surface area (Å²) in [6.45, 7) is 2.59. The van der Waals surface area contributed by atoms with E-state index < -0.39 is 22.5 Å². The highest BCUT2D eigenvalue weighted by molar-refractivity contribution is 7.84. The van der Waals surface area contributed by atoms with Gasteiger partial charge in [-0.3, -0.25) is 4.21 Å². The largest absolute Gasteiger partial charge is 0.416 e. The first kappa shape index (κ1) is 16.2. The third-order valence-electron chi connectivity index (χ3n) is 2.80. The number of hydrogen-bond donors (Lipinski definition) is 1. The van der Waals surface area contributed by atoms with Crippen LogP contribution in [0, 0.1) is 0 Å². The molecule has 0 amide bonds. The van der Waals surface area contributed by atoms with Crippen molar-refractivity contribution in [2.45, 2.75) is 25.6 Å². The summed E-state index contributed by atoms with van der Waals surface area (Å²) in [4.78, 5) is 0. The van der Waals surface area contributed by atoms with Gasteiger partial charge in [0.25, 0.3) is 0 Å². The minimum absolute atomic E-state index is 0.0208. The van der Waals surface area contributed by atoms with Gasteiger partial charge in [0.15, 0.2) is 0 Å². The maximum Gasteiger partial charge on any atom is 0.416 e. The average Bonchev–Trinajstić information content (AvgIpc) is 2.33. The van der Waals surface area contributed by atoms with Crippen molar-refractivity contribution in [1.82, 2.24) is 5.32 Å². The van der Waals surface area contributed by atoms with Crippen molar-refractivity contribution in [3.05, 3.63) is 35.4 Å². The lowest BCUT2D eigenvalue weighted by Crippen LogP contribution is -2.21. The van der Waals surface area contributed by atoms with Crippen molar-refractivity contribution in [2.24, 2.45) is 0 Å². The van der Waals surface area contributed by atoms with Crippen molar-refractivity contribution in [1.29, 1.82) is 0 Å². The van der Waals surface area contributed by atoms with E-state index in [9.17, 15) is 17.4 Å². The summed E-state index contributed by atoms with van der Waals surface area (Å²) in [5.74, 6) is 0.632. The topological polar surface area (TPSA) is 29.1 Å². The standard InChI is InChI=1S/C13H18F3NOS/c1-10(17-8-3-9-19(2)18)11-4-6-12(7-5-11)13(14,15)16/h4-7,10,17H,3,8-9H2,1-2H3. The second kappa shape index (κ2) is 7.05. The van der Waals surface area contributed by atoms with Gasteiger partial charge in [0, 0.05) is 28.9 Å². The first-order valence-electron chi connectivity index (χ1n) is 6.01. The molecule has 0 saturated heterocycles. The molecule has 0 heterocycles. The van der Waals surface area contributed by atoms with E-state index in [1.807, 2.05) is 6.92 Å². The summed E-state index contributed by atoms with van der Waals surface area (Å²) in [6, 6.07) is 5.13. The van der Waals surface area contributed by atoms with Crippen LogP contribution in [0.5, 0.6) is 0 Å². The minimum atomic E-state index is -4.29. The van der Waals surface area contributed by atoms with Crippen LogP contribution >= 0.6 is 0 Å². The first-order chi connectivity index (χ1) is 8.80. The van der Waals surface area contributed by atoms with Crippen molar-refractivity contribution >= 4 is 10.8 Å². The molecule has 6 heteroatoms. The molecule has 1 rings (SSSR count). The van der Waals surface area contributed by atoms with Gasteiger partial charge in [-0.05, 0) is 37.6 Å². The molecule has 0 fully saturated rings. The van der Waals surface area contributed by atoms with E-state index in [-0.39, 0.29) is 6.04 Å². The Kier molecular flexibility index (Phi) is 6.00. The van der Waals surface area contributed by atoms with Crippen LogP contribution in [0.3, 0.4) is 0 Å². The van der Waals surface area contributed by atoms with Gasteiger partial charge in [0.2, 0.25) is 0 Å². The predicted molar refractivity (Wildman–Crippen MR) is 71.4 cm³/mol. The van der Waals surface area contributed by atoms with E-state index in [0.29, 0.717) is 12.3 Å². The summed E-state index contributed by atoms with van der Waals surface area (Å²) in [6.07, 6.45) is -1.85. The molecule has 108 valence electrons. The van der Waals surface area contributed by atoms with Crippen molar-refractivity contribution in [2.75, 3.05) is 18.6 Å². The molecule has 0 aliphatic carbocycles. The predicted octanol–water partition coefficient (Wildman–Crippen LogP) is 3.12. The highest BCUT2D eigenvalue weighted by Crippen LogP contribution is 2.29. The van der Waals surface area contributed by atoms with Gasteiger partial charge in [-0.2, -0.15) is 13.2 Å². The van der Waals surface area contributed by atoms with Crippen LogP contribution < -0.4 is 5.32 Å². The zero-order valence-electron chi connectivity index (χ0n) is 11.0. The molecule has 0 spiro atoms. The molecule has 0 aliphatic heterocycles. The molecular formula is C13H18F3NOS. The highest BCUT2D eigenvalue weighted by Gasteiger charge is 2.30. The fraction of sp³-hybridized carbons (Fsp3) is 0.538. The zero-order valence-corrected chi connectivity index (χ0v) is 11.8. The second-order valence-electron chi connectivity index (χ2n) is 4.43. The molecule has 0 aromatic heterocycles. The molecule has 2 nitrogen and oxygen atoms in total. The van der Waals surface area contributed by atoms with Crippen molar-refractivity contribution < 1.29 is 17.4 Å². The van der Waals surface area contributed by atoms with Crippen molar-refractivity contribution in [3.63, 3.8) is 0 Å². The third kappa shape index (κ3) is 5.74. The Hall–Kier alpha value is -0.880. The number of alkyl halides is 3. The minimum Gasteiger partial charge on any atom is -0.310 e. The second-order valence-corrected chi connectivity index (χ2v) is 5.98. The first-order valence-corrected chi connectivity index (χ1v) is 7.74.